The van der Waals surface area contributed by atoms with Gasteiger partial charge in [0.1, 0.15) is 17.0 Å². The van der Waals surface area contributed by atoms with Gasteiger partial charge in [-0.25, -0.2) is 9.78 Å². The Labute approximate surface area is 142 Å². The number of ketones is 1. The molecule has 4 rings (SSSR count). The smallest absolute Gasteiger partial charge is 0.331 e. The number of nitrogens with one attached hydrogen (secondary N) is 1. The highest BCUT2D eigenvalue weighted by Crippen LogP contribution is 2.26. The minimum atomic E-state index is -0.513. The first-order chi connectivity index (χ1) is 12.0. The number of carbonyl (C=O) groups is 2. The summed E-state index contributed by atoms with van der Waals surface area (Å²) in [6.45, 7) is 2.71. The van der Waals surface area contributed by atoms with Crippen molar-refractivity contribution in [3.05, 3.63) is 48.2 Å². The fraction of sp³-hybridized carbons (Fsp3) is 0.111. The van der Waals surface area contributed by atoms with Crippen molar-refractivity contribution in [2.45, 2.75) is 13.8 Å². The number of fused-ring (bicyclic) bond motifs is 2. The SMILES string of the molecule is CC(=O)On1nc(C(C)=O)c2cc(-c3nc4ccccc4[nH]3)ccc21. The highest BCUT2D eigenvalue weighted by molar-refractivity contribution is 6.05. The standard InChI is InChI=1S/C18H14N4O3/c1-10(23)17-13-9-12(7-8-16(13)22(21-17)25-11(2)24)18-19-14-5-3-4-6-15(14)20-18/h3-9H,1-2H3,(H,19,20). The van der Waals surface area contributed by atoms with Gasteiger partial charge in [-0.15, -0.1) is 5.10 Å². The van der Waals surface area contributed by atoms with Crippen LogP contribution < -0.4 is 4.84 Å². The second kappa shape index (κ2) is 5.55. The van der Waals surface area contributed by atoms with Gasteiger partial charge in [0.25, 0.3) is 0 Å². The van der Waals surface area contributed by atoms with Crippen molar-refractivity contribution in [2.75, 3.05) is 0 Å². The zero-order chi connectivity index (χ0) is 17.6. The van der Waals surface area contributed by atoms with Gasteiger partial charge in [0.2, 0.25) is 0 Å². The van der Waals surface area contributed by atoms with Gasteiger partial charge in [0, 0.05) is 24.8 Å². The number of carbonyl (C=O) groups excluding carboxylic acids is 2. The predicted octanol–water partition coefficient (Wildman–Crippen LogP) is 2.76. The summed E-state index contributed by atoms with van der Waals surface area (Å²) < 4.78 is 0. The normalized spacial score (nSPS) is 11.1. The number of H-pyrrole nitrogens is 1. The molecule has 0 bridgehead atoms. The number of aromatic amines is 1. The van der Waals surface area contributed by atoms with Gasteiger partial charge in [0.05, 0.1) is 11.0 Å². The second-order valence-corrected chi connectivity index (χ2v) is 5.70. The first-order valence-corrected chi connectivity index (χ1v) is 7.70. The van der Waals surface area contributed by atoms with Crippen molar-refractivity contribution in [3.63, 3.8) is 0 Å². The van der Waals surface area contributed by atoms with Crippen LogP contribution >= 0.6 is 0 Å². The van der Waals surface area contributed by atoms with E-state index in [2.05, 4.69) is 15.1 Å². The number of hydrogen-bond acceptors (Lipinski definition) is 5. The molecule has 25 heavy (non-hydrogen) atoms. The Kier molecular flexibility index (Phi) is 3.35. The van der Waals surface area contributed by atoms with Crippen molar-refractivity contribution in [1.29, 1.82) is 0 Å². The van der Waals surface area contributed by atoms with Gasteiger partial charge < -0.3 is 9.82 Å². The summed E-state index contributed by atoms with van der Waals surface area (Å²) in [6.07, 6.45) is 0. The van der Waals surface area contributed by atoms with Gasteiger partial charge in [-0.3, -0.25) is 4.79 Å². The van der Waals surface area contributed by atoms with Gasteiger partial charge in [-0.1, -0.05) is 17.0 Å². The quantitative estimate of drug-likeness (QED) is 0.582. The van der Waals surface area contributed by atoms with Crippen molar-refractivity contribution in [2.24, 2.45) is 0 Å². The highest BCUT2D eigenvalue weighted by atomic mass is 16.7. The van der Waals surface area contributed by atoms with Crippen LogP contribution in [-0.4, -0.2) is 31.7 Å². The van der Waals surface area contributed by atoms with Crippen LogP contribution in [-0.2, 0) is 4.79 Å². The third-order valence-electron chi connectivity index (χ3n) is 3.86. The summed E-state index contributed by atoms with van der Waals surface area (Å²) in [5.41, 5.74) is 3.39. The Morgan fingerprint density at radius 3 is 2.64 bits per heavy atom. The largest absolute Gasteiger partial charge is 0.338 e. The van der Waals surface area contributed by atoms with E-state index in [1.165, 1.54) is 13.8 Å². The van der Waals surface area contributed by atoms with E-state index < -0.39 is 5.97 Å². The molecule has 1 N–H and O–H groups in total. The average Bonchev–Trinajstić information content (AvgIpc) is 3.15. The van der Waals surface area contributed by atoms with Gasteiger partial charge >= 0.3 is 5.97 Å². The number of benzene rings is 2. The predicted molar refractivity (Wildman–Crippen MR) is 92.1 cm³/mol. The minimum Gasteiger partial charge on any atom is -0.338 e. The molecule has 124 valence electrons. The Balaban J connectivity index is 1.90. The van der Waals surface area contributed by atoms with E-state index in [1.54, 1.807) is 6.07 Å². The van der Waals surface area contributed by atoms with E-state index in [9.17, 15) is 9.59 Å². The minimum absolute atomic E-state index is 0.211. The van der Waals surface area contributed by atoms with E-state index in [0.29, 0.717) is 16.7 Å². The van der Waals surface area contributed by atoms with Crippen LogP contribution in [0.15, 0.2) is 42.5 Å². The first kappa shape index (κ1) is 15.1. The molecule has 0 atom stereocenters. The number of aromatic nitrogens is 4. The molecule has 2 aromatic carbocycles. The summed E-state index contributed by atoms with van der Waals surface area (Å²) in [5.74, 6) is -0.0311. The number of para-hydroxylation sites is 2. The summed E-state index contributed by atoms with van der Waals surface area (Å²) >= 11 is 0. The molecule has 7 nitrogen and oxygen atoms in total. The zero-order valence-corrected chi connectivity index (χ0v) is 13.6. The molecule has 2 aromatic heterocycles. The van der Waals surface area contributed by atoms with E-state index >= 15 is 0 Å². The number of imidazole rings is 1. The number of Topliss-reactive ketones (excluding diaryl/α,β-unsaturated/α-hetero) is 1. The fourth-order valence-electron chi connectivity index (χ4n) is 2.78. The van der Waals surface area contributed by atoms with Crippen LogP contribution in [0, 0.1) is 0 Å². The number of hydrogen-bond donors (Lipinski definition) is 1. The third-order valence-corrected chi connectivity index (χ3v) is 3.86. The summed E-state index contributed by atoms with van der Waals surface area (Å²) in [5, 5.41) is 4.70. The summed E-state index contributed by atoms with van der Waals surface area (Å²) in [7, 11) is 0. The lowest BCUT2D eigenvalue weighted by molar-refractivity contribution is -0.142. The molecule has 0 radical (unpaired) electrons. The first-order valence-electron chi connectivity index (χ1n) is 7.70. The van der Waals surface area contributed by atoms with Crippen molar-refractivity contribution < 1.29 is 14.4 Å². The molecule has 0 saturated carbocycles. The monoisotopic (exact) mass is 334 g/mol. The maximum absolute atomic E-state index is 11.9. The Morgan fingerprint density at radius 1 is 1.12 bits per heavy atom. The average molecular weight is 334 g/mol. The van der Waals surface area contributed by atoms with Crippen LogP contribution in [0.1, 0.15) is 24.3 Å². The maximum Gasteiger partial charge on any atom is 0.331 e. The fourth-order valence-corrected chi connectivity index (χ4v) is 2.78. The Hall–Kier alpha value is -3.48. The molecule has 0 amide bonds. The van der Waals surface area contributed by atoms with Crippen molar-refractivity contribution in [3.8, 4) is 11.4 Å². The lowest BCUT2D eigenvalue weighted by Gasteiger charge is -2.01. The molecule has 0 saturated heterocycles. The number of rotatable bonds is 3. The molecule has 0 unspecified atom stereocenters. The van der Waals surface area contributed by atoms with Gasteiger partial charge in [-0.2, -0.15) is 0 Å². The van der Waals surface area contributed by atoms with E-state index in [-0.39, 0.29) is 11.5 Å². The molecule has 7 heteroatoms. The van der Waals surface area contributed by atoms with Gasteiger partial charge in [0.15, 0.2) is 5.78 Å². The van der Waals surface area contributed by atoms with E-state index in [1.807, 2.05) is 36.4 Å². The molecular weight excluding hydrogens is 320 g/mol. The molecule has 2 heterocycles. The Bertz CT molecular complexity index is 1110. The highest BCUT2D eigenvalue weighted by Gasteiger charge is 2.17. The van der Waals surface area contributed by atoms with Crippen LogP contribution in [0.4, 0.5) is 0 Å². The second-order valence-electron chi connectivity index (χ2n) is 5.70. The number of nitrogens with zero attached hydrogens (tertiary/aromatic N) is 3. The molecule has 0 fully saturated rings. The molecule has 4 aromatic rings. The topological polar surface area (TPSA) is 89.9 Å². The van der Waals surface area contributed by atoms with Crippen LogP contribution in [0.5, 0.6) is 0 Å². The molecule has 0 aliphatic carbocycles. The maximum atomic E-state index is 11.9. The lowest BCUT2D eigenvalue weighted by Crippen LogP contribution is -2.18. The lowest BCUT2D eigenvalue weighted by atomic mass is 10.1. The zero-order valence-electron chi connectivity index (χ0n) is 13.6. The summed E-state index contributed by atoms with van der Waals surface area (Å²) in [6, 6.07) is 13.1. The molecule has 0 aliphatic heterocycles. The van der Waals surface area contributed by atoms with Crippen LogP contribution in [0.2, 0.25) is 0 Å². The molecule has 0 spiro atoms. The molecular formula is C18H14N4O3. The van der Waals surface area contributed by atoms with Crippen LogP contribution in [0.25, 0.3) is 33.3 Å². The van der Waals surface area contributed by atoms with Crippen LogP contribution in [0.3, 0.4) is 0 Å². The van der Waals surface area contributed by atoms with Gasteiger partial charge in [-0.05, 0) is 30.3 Å². The third kappa shape index (κ3) is 2.55. The van der Waals surface area contributed by atoms with Crippen molar-refractivity contribution >= 4 is 33.7 Å². The summed E-state index contributed by atoms with van der Waals surface area (Å²) in [4.78, 5) is 37.1. The van der Waals surface area contributed by atoms with Crippen molar-refractivity contribution in [1.82, 2.24) is 19.9 Å². The molecule has 0 aliphatic rings. The van der Waals surface area contributed by atoms with E-state index in [0.717, 1.165) is 21.4 Å². The Morgan fingerprint density at radius 2 is 1.92 bits per heavy atom. The van der Waals surface area contributed by atoms with E-state index in [4.69, 9.17) is 4.84 Å².